The lowest BCUT2D eigenvalue weighted by Crippen LogP contribution is -2.36. The van der Waals surface area contributed by atoms with Gasteiger partial charge in [0.2, 0.25) is 0 Å². The van der Waals surface area contributed by atoms with E-state index < -0.39 is 0 Å². The molecular weight excluding hydrogens is 156 g/mol. The van der Waals surface area contributed by atoms with E-state index in [9.17, 15) is 4.79 Å². The number of carbonyl (C=O) groups excluding carboxylic acids is 1. The first kappa shape index (κ1) is 9.32. The number of aliphatic hydroxyl groups is 1. The lowest BCUT2D eigenvalue weighted by atomic mass is 10.1. The second-order valence-electron chi connectivity index (χ2n) is 3.17. The number of nitrogens with zero attached hydrogens (tertiary/aromatic N) is 1. The van der Waals surface area contributed by atoms with Crippen molar-refractivity contribution < 1.29 is 9.90 Å². The number of rotatable bonds is 2. The molecule has 1 fully saturated rings. The molecule has 1 aliphatic heterocycles. The molecule has 0 radical (unpaired) electrons. The molecule has 1 unspecified atom stereocenters. The molecule has 2 N–H and O–H groups in total. The Hall–Kier alpha value is -0.770. The van der Waals surface area contributed by atoms with Crippen molar-refractivity contribution in [2.45, 2.75) is 12.8 Å². The SMILES string of the molecule is CNC(=O)N1CCC(CCO)C1. The number of nitrogens with one attached hydrogen (secondary N) is 1. The molecule has 0 saturated carbocycles. The molecule has 2 amide bonds. The fraction of sp³-hybridized carbons (Fsp3) is 0.875. The average molecular weight is 172 g/mol. The highest BCUT2D eigenvalue weighted by Gasteiger charge is 2.24. The molecule has 70 valence electrons. The van der Waals surface area contributed by atoms with E-state index in [-0.39, 0.29) is 12.6 Å². The van der Waals surface area contributed by atoms with Gasteiger partial charge in [-0.2, -0.15) is 0 Å². The van der Waals surface area contributed by atoms with Crippen molar-refractivity contribution in [3.8, 4) is 0 Å². The van der Waals surface area contributed by atoms with Crippen LogP contribution in [0, 0.1) is 5.92 Å². The van der Waals surface area contributed by atoms with Crippen LogP contribution in [0.3, 0.4) is 0 Å². The molecule has 0 aromatic rings. The van der Waals surface area contributed by atoms with Gasteiger partial charge in [0.15, 0.2) is 0 Å². The van der Waals surface area contributed by atoms with Gasteiger partial charge in [-0.3, -0.25) is 0 Å². The summed E-state index contributed by atoms with van der Waals surface area (Å²) >= 11 is 0. The van der Waals surface area contributed by atoms with E-state index in [4.69, 9.17) is 5.11 Å². The van der Waals surface area contributed by atoms with E-state index in [1.807, 2.05) is 0 Å². The van der Waals surface area contributed by atoms with Crippen molar-refractivity contribution in [1.82, 2.24) is 10.2 Å². The summed E-state index contributed by atoms with van der Waals surface area (Å²) in [7, 11) is 1.64. The van der Waals surface area contributed by atoms with Gasteiger partial charge in [-0.05, 0) is 18.8 Å². The highest BCUT2D eigenvalue weighted by atomic mass is 16.3. The van der Waals surface area contributed by atoms with Crippen LogP contribution in [0.1, 0.15) is 12.8 Å². The van der Waals surface area contributed by atoms with E-state index in [1.165, 1.54) is 0 Å². The summed E-state index contributed by atoms with van der Waals surface area (Å²) in [4.78, 5) is 12.9. The summed E-state index contributed by atoms with van der Waals surface area (Å²) in [5.41, 5.74) is 0. The quantitative estimate of drug-likeness (QED) is 0.617. The van der Waals surface area contributed by atoms with E-state index in [0.29, 0.717) is 5.92 Å². The molecule has 0 aromatic carbocycles. The van der Waals surface area contributed by atoms with E-state index in [0.717, 1.165) is 25.9 Å². The Morgan fingerprint density at radius 1 is 1.75 bits per heavy atom. The Bertz CT molecular complexity index is 161. The van der Waals surface area contributed by atoms with Crippen LogP contribution in [0.5, 0.6) is 0 Å². The number of amides is 2. The predicted molar refractivity (Wildman–Crippen MR) is 45.8 cm³/mol. The van der Waals surface area contributed by atoms with Gasteiger partial charge in [0, 0.05) is 26.7 Å². The number of hydrogen-bond acceptors (Lipinski definition) is 2. The molecule has 1 saturated heterocycles. The fourth-order valence-corrected chi connectivity index (χ4v) is 1.59. The minimum atomic E-state index is -0.00422. The van der Waals surface area contributed by atoms with Crippen molar-refractivity contribution in [2.24, 2.45) is 5.92 Å². The average Bonchev–Trinajstić information content (AvgIpc) is 2.52. The predicted octanol–water partition coefficient (Wildman–Crippen LogP) is 0.0301. The molecule has 4 heteroatoms. The first-order valence-corrected chi connectivity index (χ1v) is 4.35. The zero-order valence-corrected chi connectivity index (χ0v) is 7.42. The third-order valence-corrected chi connectivity index (χ3v) is 2.32. The third-order valence-electron chi connectivity index (χ3n) is 2.32. The van der Waals surface area contributed by atoms with Crippen molar-refractivity contribution >= 4 is 6.03 Å². The standard InChI is InChI=1S/C8H16N2O2/c1-9-8(12)10-4-2-7(6-10)3-5-11/h7,11H,2-6H2,1H3,(H,9,12). The summed E-state index contributed by atoms with van der Waals surface area (Å²) in [6, 6.07) is -0.00422. The van der Waals surface area contributed by atoms with E-state index >= 15 is 0 Å². The molecule has 0 bridgehead atoms. The lowest BCUT2D eigenvalue weighted by molar-refractivity contribution is 0.206. The Labute approximate surface area is 72.6 Å². The second kappa shape index (κ2) is 4.30. The second-order valence-corrected chi connectivity index (χ2v) is 3.17. The molecular formula is C8H16N2O2. The van der Waals surface area contributed by atoms with Gasteiger partial charge in [-0.1, -0.05) is 0 Å². The number of aliphatic hydroxyl groups excluding tert-OH is 1. The maximum absolute atomic E-state index is 11.1. The van der Waals surface area contributed by atoms with Crippen molar-refractivity contribution in [1.29, 1.82) is 0 Å². The first-order chi connectivity index (χ1) is 5.77. The minimum absolute atomic E-state index is 0.00422. The summed E-state index contributed by atoms with van der Waals surface area (Å²) in [5, 5.41) is 11.3. The van der Waals surface area contributed by atoms with E-state index in [1.54, 1.807) is 11.9 Å². The monoisotopic (exact) mass is 172 g/mol. The van der Waals surface area contributed by atoms with Crippen LogP contribution in [0.15, 0.2) is 0 Å². The molecule has 1 atom stereocenters. The third kappa shape index (κ3) is 2.11. The highest BCUT2D eigenvalue weighted by Crippen LogP contribution is 2.18. The zero-order valence-electron chi connectivity index (χ0n) is 7.42. The molecule has 12 heavy (non-hydrogen) atoms. The Kier molecular flexibility index (Phi) is 3.34. The van der Waals surface area contributed by atoms with Gasteiger partial charge < -0.3 is 15.3 Å². The van der Waals surface area contributed by atoms with Gasteiger partial charge in [0.05, 0.1) is 0 Å². The van der Waals surface area contributed by atoms with Crippen LogP contribution < -0.4 is 5.32 Å². The summed E-state index contributed by atoms with van der Waals surface area (Å²) in [6.45, 7) is 1.84. The summed E-state index contributed by atoms with van der Waals surface area (Å²) in [6.07, 6.45) is 1.83. The number of hydrogen-bond donors (Lipinski definition) is 2. The van der Waals surface area contributed by atoms with Crippen LogP contribution in [-0.4, -0.2) is 42.8 Å². The van der Waals surface area contributed by atoms with Gasteiger partial charge in [0.25, 0.3) is 0 Å². The lowest BCUT2D eigenvalue weighted by Gasteiger charge is -2.15. The van der Waals surface area contributed by atoms with E-state index in [2.05, 4.69) is 5.32 Å². The largest absolute Gasteiger partial charge is 0.396 e. The van der Waals surface area contributed by atoms with Crippen molar-refractivity contribution in [3.05, 3.63) is 0 Å². The highest BCUT2D eigenvalue weighted by molar-refractivity contribution is 5.74. The number of likely N-dealkylation sites (tertiary alicyclic amines) is 1. The molecule has 1 rings (SSSR count). The molecule has 0 aromatic heterocycles. The van der Waals surface area contributed by atoms with Gasteiger partial charge in [0.1, 0.15) is 0 Å². The number of urea groups is 1. The normalized spacial score (nSPS) is 22.8. The zero-order chi connectivity index (χ0) is 8.97. The molecule has 0 spiro atoms. The van der Waals surface area contributed by atoms with Crippen LogP contribution >= 0.6 is 0 Å². The van der Waals surface area contributed by atoms with Crippen LogP contribution in [0.4, 0.5) is 4.79 Å². The number of carbonyl (C=O) groups is 1. The topological polar surface area (TPSA) is 52.6 Å². The molecule has 0 aliphatic carbocycles. The van der Waals surface area contributed by atoms with Crippen LogP contribution in [0.2, 0.25) is 0 Å². The van der Waals surface area contributed by atoms with Crippen LogP contribution in [-0.2, 0) is 0 Å². The van der Waals surface area contributed by atoms with Gasteiger partial charge in [-0.15, -0.1) is 0 Å². The van der Waals surface area contributed by atoms with Gasteiger partial charge in [-0.25, -0.2) is 4.79 Å². The first-order valence-electron chi connectivity index (χ1n) is 4.35. The van der Waals surface area contributed by atoms with Gasteiger partial charge >= 0.3 is 6.03 Å². The Balaban J connectivity index is 2.30. The smallest absolute Gasteiger partial charge is 0.317 e. The minimum Gasteiger partial charge on any atom is -0.396 e. The molecule has 4 nitrogen and oxygen atoms in total. The Morgan fingerprint density at radius 3 is 3.08 bits per heavy atom. The van der Waals surface area contributed by atoms with Crippen molar-refractivity contribution in [3.63, 3.8) is 0 Å². The molecule has 1 heterocycles. The Morgan fingerprint density at radius 2 is 2.50 bits per heavy atom. The van der Waals surface area contributed by atoms with Crippen LogP contribution in [0.25, 0.3) is 0 Å². The fourth-order valence-electron chi connectivity index (χ4n) is 1.59. The maximum atomic E-state index is 11.1. The summed E-state index contributed by atoms with van der Waals surface area (Å²) in [5.74, 6) is 0.493. The molecule has 1 aliphatic rings. The van der Waals surface area contributed by atoms with Crippen molar-refractivity contribution in [2.75, 3.05) is 26.7 Å². The summed E-state index contributed by atoms with van der Waals surface area (Å²) < 4.78 is 0. The maximum Gasteiger partial charge on any atom is 0.317 e.